The van der Waals surface area contributed by atoms with Gasteiger partial charge in [0.25, 0.3) is 5.91 Å². The molecule has 0 bridgehead atoms. The lowest BCUT2D eigenvalue weighted by molar-refractivity contribution is 0.0920. The Morgan fingerprint density at radius 1 is 1.47 bits per heavy atom. The van der Waals surface area contributed by atoms with Gasteiger partial charge in [-0.25, -0.2) is 0 Å². The summed E-state index contributed by atoms with van der Waals surface area (Å²) < 4.78 is 2.95. The molecule has 1 aromatic rings. The highest BCUT2D eigenvalue weighted by atomic mass is 79.9. The van der Waals surface area contributed by atoms with Gasteiger partial charge in [-0.1, -0.05) is 0 Å². The first-order chi connectivity index (χ1) is 9.19. The van der Waals surface area contributed by atoms with Crippen LogP contribution in [0.25, 0.3) is 0 Å². The van der Waals surface area contributed by atoms with Crippen molar-refractivity contribution in [2.45, 2.75) is 44.8 Å². The van der Waals surface area contributed by atoms with Crippen molar-refractivity contribution in [3.63, 3.8) is 0 Å². The van der Waals surface area contributed by atoms with E-state index in [2.05, 4.69) is 33.1 Å². The van der Waals surface area contributed by atoms with Crippen molar-refractivity contribution in [2.75, 3.05) is 13.1 Å². The maximum Gasteiger partial charge on any atom is 0.268 e. The first-order valence-corrected chi connectivity index (χ1v) is 7.89. The molecule has 2 aliphatic rings. The number of amides is 1. The van der Waals surface area contributed by atoms with Gasteiger partial charge in [0.15, 0.2) is 0 Å². The lowest BCUT2D eigenvalue weighted by Crippen LogP contribution is -2.42. The Balaban J connectivity index is 1.71. The number of aromatic nitrogens is 1. The number of aryl methyl sites for hydroxylation is 1. The molecule has 0 aromatic carbocycles. The Hall–Kier alpha value is -0.810. The fourth-order valence-corrected chi connectivity index (χ4v) is 3.88. The molecule has 2 fully saturated rings. The minimum Gasteiger partial charge on any atom is -0.346 e. The summed E-state index contributed by atoms with van der Waals surface area (Å²) in [5.41, 5.74) is 0.755. The van der Waals surface area contributed by atoms with Crippen LogP contribution in [0.2, 0.25) is 0 Å². The molecule has 2 atom stereocenters. The van der Waals surface area contributed by atoms with Crippen LogP contribution >= 0.6 is 15.9 Å². The molecule has 3 rings (SSSR count). The van der Waals surface area contributed by atoms with Gasteiger partial charge >= 0.3 is 0 Å². The topological polar surface area (TPSA) is 37.3 Å². The first-order valence-electron chi connectivity index (χ1n) is 7.09. The van der Waals surface area contributed by atoms with Gasteiger partial charge in [-0.3, -0.25) is 9.69 Å². The van der Waals surface area contributed by atoms with Gasteiger partial charge in [-0.15, -0.1) is 0 Å². The van der Waals surface area contributed by atoms with Crippen LogP contribution in [0.5, 0.6) is 0 Å². The molecule has 5 heteroatoms. The van der Waals surface area contributed by atoms with Crippen LogP contribution in [-0.4, -0.2) is 40.5 Å². The number of nitrogens with one attached hydrogen (secondary N) is 1. The van der Waals surface area contributed by atoms with E-state index in [4.69, 9.17) is 0 Å². The van der Waals surface area contributed by atoms with Gasteiger partial charge in [0.05, 0.1) is 0 Å². The van der Waals surface area contributed by atoms with Gasteiger partial charge in [0.2, 0.25) is 0 Å². The van der Waals surface area contributed by atoms with Gasteiger partial charge in [-0.2, -0.15) is 0 Å². The highest BCUT2D eigenvalue weighted by Gasteiger charge is 2.38. The standard InChI is InChI=1S/C14H20BrN3O/c1-2-17-9-10(15)8-13(17)14(19)16-11-5-7-18-6-3-4-12(11)18/h8-9,11-12H,2-7H2,1H3,(H,16,19). The molecule has 0 aliphatic carbocycles. The van der Waals surface area contributed by atoms with Gasteiger partial charge in [0, 0.05) is 35.8 Å². The molecule has 1 N–H and O–H groups in total. The second kappa shape index (κ2) is 5.29. The van der Waals surface area contributed by atoms with Crippen molar-refractivity contribution in [1.29, 1.82) is 0 Å². The lowest BCUT2D eigenvalue weighted by Gasteiger charge is -2.21. The van der Waals surface area contributed by atoms with Crippen LogP contribution in [0.4, 0.5) is 0 Å². The zero-order valence-electron chi connectivity index (χ0n) is 11.2. The lowest BCUT2D eigenvalue weighted by atomic mass is 10.1. The van der Waals surface area contributed by atoms with Crippen LogP contribution < -0.4 is 5.32 Å². The molecule has 0 radical (unpaired) electrons. The maximum absolute atomic E-state index is 12.4. The molecule has 1 aromatic heterocycles. The van der Waals surface area contributed by atoms with Gasteiger partial charge in [-0.05, 0) is 54.7 Å². The smallest absolute Gasteiger partial charge is 0.268 e. The van der Waals surface area contributed by atoms with Crippen molar-refractivity contribution in [3.05, 3.63) is 22.4 Å². The van der Waals surface area contributed by atoms with E-state index in [-0.39, 0.29) is 5.91 Å². The Bertz CT molecular complexity index is 485. The number of hydrogen-bond donors (Lipinski definition) is 1. The van der Waals surface area contributed by atoms with Gasteiger partial charge < -0.3 is 9.88 Å². The van der Waals surface area contributed by atoms with Crippen LogP contribution in [0, 0.1) is 0 Å². The predicted octanol–water partition coefficient (Wildman–Crippen LogP) is 2.24. The largest absolute Gasteiger partial charge is 0.346 e. The summed E-state index contributed by atoms with van der Waals surface area (Å²) in [5, 5.41) is 3.23. The van der Waals surface area contributed by atoms with Crippen molar-refractivity contribution in [1.82, 2.24) is 14.8 Å². The molecule has 0 spiro atoms. The van der Waals surface area contributed by atoms with Crippen LogP contribution in [-0.2, 0) is 6.54 Å². The van der Waals surface area contributed by atoms with Crippen LogP contribution in [0.1, 0.15) is 36.7 Å². The van der Waals surface area contributed by atoms with Crippen molar-refractivity contribution < 1.29 is 4.79 Å². The van der Waals surface area contributed by atoms with E-state index in [9.17, 15) is 4.79 Å². The maximum atomic E-state index is 12.4. The minimum atomic E-state index is 0.0614. The number of carbonyl (C=O) groups excluding carboxylic acids is 1. The Kier molecular flexibility index (Phi) is 3.67. The average Bonchev–Trinajstić information content (AvgIpc) is 3.05. The zero-order valence-corrected chi connectivity index (χ0v) is 12.8. The minimum absolute atomic E-state index is 0.0614. The van der Waals surface area contributed by atoms with E-state index in [0.717, 1.165) is 29.7 Å². The Morgan fingerprint density at radius 2 is 2.32 bits per heavy atom. The number of nitrogens with zero attached hydrogens (tertiary/aromatic N) is 2. The second-order valence-electron chi connectivity index (χ2n) is 5.44. The second-order valence-corrected chi connectivity index (χ2v) is 6.36. The SMILES string of the molecule is CCn1cc(Br)cc1C(=O)NC1CCN2CCCC12. The number of fused-ring (bicyclic) bond motifs is 1. The molecule has 2 aliphatic heterocycles. The molecule has 1 amide bonds. The fourth-order valence-electron chi connectivity index (χ4n) is 3.42. The highest BCUT2D eigenvalue weighted by Crippen LogP contribution is 2.28. The molecule has 2 saturated heterocycles. The van der Waals surface area contributed by atoms with Crippen LogP contribution in [0.3, 0.4) is 0 Å². The summed E-state index contributed by atoms with van der Waals surface area (Å²) in [6.07, 6.45) is 5.55. The van der Waals surface area contributed by atoms with E-state index >= 15 is 0 Å². The quantitative estimate of drug-likeness (QED) is 0.925. The third kappa shape index (κ3) is 2.46. The summed E-state index contributed by atoms with van der Waals surface area (Å²) in [6.45, 7) is 5.20. The van der Waals surface area contributed by atoms with Crippen molar-refractivity contribution in [3.8, 4) is 0 Å². The fraction of sp³-hybridized carbons (Fsp3) is 0.643. The van der Waals surface area contributed by atoms with Crippen LogP contribution in [0.15, 0.2) is 16.7 Å². The summed E-state index contributed by atoms with van der Waals surface area (Å²) in [5.74, 6) is 0.0614. The van der Waals surface area contributed by atoms with Gasteiger partial charge in [0.1, 0.15) is 5.69 Å². The number of carbonyl (C=O) groups is 1. The summed E-state index contributed by atoms with van der Waals surface area (Å²) in [4.78, 5) is 14.9. The summed E-state index contributed by atoms with van der Waals surface area (Å²) >= 11 is 3.44. The average molecular weight is 326 g/mol. The third-order valence-corrected chi connectivity index (χ3v) is 4.79. The summed E-state index contributed by atoms with van der Waals surface area (Å²) in [6, 6.07) is 2.80. The van der Waals surface area contributed by atoms with E-state index < -0.39 is 0 Å². The molecule has 3 heterocycles. The molecule has 104 valence electrons. The first kappa shape index (κ1) is 13.2. The Morgan fingerprint density at radius 3 is 3.11 bits per heavy atom. The van der Waals surface area contributed by atoms with E-state index in [1.807, 2.05) is 16.8 Å². The molecule has 0 saturated carbocycles. The van der Waals surface area contributed by atoms with Crippen molar-refractivity contribution in [2.24, 2.45) is 0 Å². The Labute approximate surface area is 122 Å². The number of hydrogen-bond acceptors (Lipinski definition) is 2. The van der Waals surface area contributed by atoms with E-state index in [1.165, 1.54) is 19.4 Å². The number of halogens is 1. The molecular formula is C14H20BrN3O. The summed E-state index contributed by atoms with van der Waals surface area (Å²) in [7, 11) is 0. The normalized spacial score (nSPS) is 26.6. The highest BCUT2D eigenvalue weighted by molar-refractivity contribution is 9.10. The molecule has 4 nitrogen and oxygen atoms in total. The third-order valence-electron chi connectivity index (χ3n) is 4.36. The monoisotopic (exact) mass is 325 g/mol. The van der Waals surface area contributed by atoms with Crippen molar-refractivity contribution >= 4 is 21.8 Å². The predicted molar refractivity (Wildman–Crippen MR) is 78.3 cm³/mol. The number of rotatable bonds is 3. The molecular weight excluding hydrogens is 306 g/mol. The molecule has 19 heavy (non-hydrogen) atoms. The molecule has 2 unspecified atom stereocenters. The van der Waals surface area contributed by atoms with E-state index in [1.54, 1.807) is 0 Å². The zero-order chi connectivity index (χ0) is 13.4. The van der Waals surface area contributed by atoms with E-state index in [0.29, 0.717) is 12.1 Å².